The Labute approximate surface area is 179 Å². The topological polar surface area (TPSA) is 97.4 Å². The summed E-state index contributed by atoms with van der Waals surface area (Å²) in [6.07, 6.45) is 7.22. The second-order valence-corrected chi connectivity index (χ2v) is 9.10. The molecular weight excluding hydrogens is 402 g/mol. The minimum Gasteiger partial charge on any atom is -0.371 e. The first-order valence-electron chi connectivity index (χ1n) is 10.7. The highest BCUT2D eigenvalue weighted by Crippen LogP contribution is 2.29. The summed E-state index contributed by atoms with van der Waals surface area (Å²) in [4.78, 5) is 22.5. The maximum Gasteiger partial charge on any atom is 0.315 e. The number of hydrogen-bond donors (Lipinski definition) is 3. The fourth-order valence-electron chi connectivity index (χ4n) is 4.54. The molecule has 0 radical (unpaired) electrons. The van der Waals surface area contributed by atoms with Crippen LogP contribution in [0.3, 0.4) is 0 Å². The molecule has 2 aliphatic heterocycles. The Morgan fingerprint density at radius 2 is 1.83 bits per heavy atom. The first kappa shape index (κ1) is 19.7. The molecule has 0 bridgehead atoms. The maximum atomic E-state index is 12.4. The predicted octanol–water partition coefficient (Wildman–Crippen LogP) is 2.78. The molecule has 160 valence electrons. The lowest BCUT2D eigenvalue weighted by Crippen LogP contribution is -2.51. The van der Waals surface area contributed by atoms with Crippen molar-refractivity contribution in [1.29, 1.82) is 0 Å². The fraction of sp³-hybridized carbons (Fsp3) is 0.571. The van der Waals surface area contributed by atoms with E-state index >= 15 is 0 Å². The van der Waals surface area contributed by atoms with Gasteiger partial charge in [0, 0.05) is 12.2 Å². The van der Waals surface area contributed by atoms with Crippen LogP contribution in [0, 0.1) is 0 Å². The standard InChI is InChI=1S/C21H27N5O3S/c27-21(23-13-5-2-1-3-6-13)26-16-12-29-18-15(11-28-19(16)18)25-20-22-9-8-14(24-20)17-7-4-10-30-17/h4,7-10,13,15-16,18-19H,1-3,5-6,11-12H2,(H,22,24,25)(H2,23,26,27). The van der Waals surface area contributed by atoms with E-state index in [2.05, 4.69) is 25.9 Å². The monoisotopic (exact) mass is 429 g/mol. The normalized spacial score (nSPS) is 28.8. The van der Waals surface area contributed by atoms with Gasteiger partial charge in [0.15, 0.2) is 0 Å². The van der Waals surface area contributed by atoms with E-state index in [9.17, 15) is 4.79 Å². The highest BCUT2D eigenvalue weighted by atomic mass is 32.1. The lowest BCUT2D eigenvalue weighted by Gasteiger charge is -2.24. The molecule has 0 spiro atoms. The molecule has 3 N–H and O–H groups in total. The highest BCUT2D eigenvalue weighted by Gasteiger charge is 2.48. The van der Waals surface area contributed by atoms with Gasteiger partial charge in [0.1, 0.15) is 12.2 Å². The Kier molecular flexibility index (Phi) is 5.83. The number of amides is 2. The van der Waals surface area contributed by atoms with Gasteiger partial charge in [-0.3, -0.25) is 0 Å². The molecule has 5 rings (SSSR count). The zero-order chi connectivity index (χ0) is 20.3. The van der Waals surface area contributed by atoms with Gasteiger partial charge in [-0.25, -0.2) is 14.8 Å². The number of urea groups is 1. The first-order valence-corrected chi connectivity index (χ1v) is 11.6. The van der Waals surface area contributed by atoms with Crippen LogP contribution in [0.1, 0.15) is 32.1 Å². The third-order valence-electron chi connectivity index (χ3n) is 6.05. The lowest BCUT2D eigenvalue weighted by atomic mass is 9.96. The molecule has 4 heterocycles. The minimum atomic E-state index is -0.167. The Morgan fingerprint density at radius 3 is 2.63 bits per heavy atom. The van der Waals surface area contributed by atoms with Crippen LogP contribution in [0.15, 0.2) is 29.8 Å². The first-order chi connectivity index (χ1) is 14.8. The fourth-order valence-corrected chi connectivity index (χ4v) is 5.24. The number of carbonyl (C=O) groups is 1. The van der Waals surface area contributed by atoms with Crippen LogP contribution in [-0.4, -0.2) is 59.5 Å². The van der Waals surface area contributed by atoms with Crippen LogP contribution in [0.5, 0.6) is 0 Å². The Morgan fingerprint density at radius 1 is 1.03 bits per heavy atom. The second-order valence-electron chi connectivity index (χ2n) is 8.15. The lowest BCUT2D eigenvalue weighted by molar-refractivity contribution is 0.0681. The molecule has 3 fully saturated rings. The van der Waals surface area contributed by atoms with E-state index in [-0.39, 0.29) is 36.4 Å². The second kappa shape index (κ2) is 8.87. The van der Waals surface area contributed by atoms with Gasteiger partial charge < -0.3 is 25.4 Å². The van der Waals surface area contributed by atoms with Gasteiger partial charge in [0.2, 0.25) is 5.95 Å². The molecule has 4 unspecified atom stereocenters. The van der Waals surface area contributed by atoms with E-state index in [4.69, 9.17) is 9.47 Å². The number of anilines is 1. The zero-order valence-electron chi connectivity index (χ0n) is 16.8. The van der Waals surface area contributed by atoms with Crippen LogP contribution in [0.4, 0.5) is 10.7 Å². The third-order valence-corrected chi connectivity index (χ3v) is 6.95. The molecule has 3 aliphatic rings. The number of nitrogens with one attached hydrogen (secondary N) is 3. The highest BCUT2D eigenvalue weighted by molar-refractivity contribution is 7.13. The predicted molar refractivity (Wildman–Crippen MR) is 115 cm³/mol. The number of nitrogens with zero attached hydrogens (tertiary/aromatic N) is 2. The van der Waals surface area contributed by atoms with Crippen LogP contribution < -0.4 is 16.0 Å². The molecule has 2 amide bonds. The molecule has 8 nitrogen and oxygen atoms in total. The van der Waals surface area contributed by atoms with Crippen LogP contribution in [0.25, 0.3) is 10.6 Å². The van der Waals surface area contributed by atoms with Crippen molar-refractivity contribution in [3.63, 3.8) is 0 Å². The molecule has 4 atom stereocenters. The van der Waals surface area contributed by atoms with Crippen molar-refractivity contribution < 1.29 is 14.3 Å². The molecule has 2 aromatic rings. The quantitative estimate of drug-likeness (QED) is 0.676. The third kappa shape index (κ3) is 4.28. The molecule has 2 saturated heterocycles. The van der Waals surface area contributed by atoms with Crippen molar-refractivity contribution in [2.45, 2.75) is 62.4 Å². The van der Waals surface area contributed by atoms with E-state index in [0.717, 1.165) is 23.4 Å². The number of rotatable bonds is 5. The van der Waals surface area contributed by atoms with E-state index in [1.807, 2.05) is 23.6 Å². The number of aromatic nitrogens is 2. The summed E-state index contributed by atoms with van der Waals surface area (Å²) in [7, 11) is 0. The van der Waals surface area contributed by atoms with Crippen LogP contribution in [-0.2, 0) is 9.47 Å². The zero-order valence-corrected chi connectivity index (χ0v) is 17.6. The Balaban J connectivity index is 1.17. The van der Waals surface area contributed by atoms with Gasteiger partial charge in [-0.2, -0.15) is 0 Å². The molecule has 30 heavy (non-hydrogen) atoms. The average Bonchev–Trinajstić information content (AvgIpc) is 3.50. The molecule has 2 aromatic heterocycles. The van der Waals surface area contributed by atoms with E-state index in [1.165, 1.54) is 19.3 Å². The van der Waals surface area contributed by atoms with Crippen LogP contribution >= 0.6 is 11.3 Å². The summed E-state index contributed by atoms with van der Waals surface area (Å²) in [6.45, 7) is 0.937. The number of thiophene rings is 1. The van der Waals surface area contributed by atoms with Crippen LogP contribution in [0.2, 0.25) is 0 Å². The molecular formula is C21H27N5O3S. The number of carbonyl (C=O) groups excluding carboxylic acids is 1. The summed E-state index contributed by atoms with van der Waals surface area (Å²) in [5.41, 5.74) is 0.893. The number of fused-ring (bicyclic) bond motifs is 1. The van der Waals surface area contributed by atoms with E-state index in [0.29, 0.717) is 19.2 Å². The Hall–Kier alpha value is -2.23. The van der Waals surface area contributed by atoms with Crippen molar-refractivity contribution in [2.24, 2.45) is 0 Å². The number of hydrogen-bond acceptors (Lipinski definition) is 7. The van der Waals surface area contributed by atoms with Gasteiger partial charge in [-0.15, -0.1) is 11.3 Å². The smallest absolute Gasteiger partial charge is 0.315 e. The average molecular weight is 430 g/mol. The van der Waals surface area contributed by atoms with E-state index < -0.39 is 0 Å². The SMILES string of the molecule is O=C(NC1CCCCC1)NC1COC2C(Nc3nccc(-c4cccs4)n3)COC12. The van der Waals surface area contributed by atoms with E-state index in [1.54, 1.807) is 17.5 Å². The van der Waals surface area contributed by atoms with Gasteiger partial charge in [0.25, 0.3) is 0 Å². The molecule has 1 saturated carbocycles. The minimum absolute atomic E-state index is 0.0539. The van der Waals surface area contributed by atoms with Crippen molar-refractivity contribution in [3.8, 4) is 10.6 Å². The Bertz CT molecular complexity index is 858. The van der Waals surface area contributed by atoms with Gasteiger partial charge >= 0.3 is 6.03 Å². The maximum absolute atomic E-state index is 12.4. The summed E-state index contributed by atoms with van der Waals surface area (Å²) < 4.78 is 12.0. The summed E-state index contributed by atoms with van der Waals surface area (Å²) in [5.74, 6) is 0.560. The molecule has 1 aliphatic carbocycles. The van der Waals surface area contributed by atoms with Crippen molar-refractivity contribution >= 4 is 23.3 Å². The van der Waals surface area contributed by atoms with Gasteiger partial charge in [0.05, 0.1) is 35.9 Å². The summed E-state index contributed by atoms with van der Waals surface area (Å²) in [6, 6.07) is 5.91. The largest absolute Gasteiger partial charge is 0.371 e. The van der Waals surface area contributed by atoms with Gasteiger partial charge in [-0.05, 0) is 30.4 Å². The van der Waals surface area contributed by atoms with Crippen molar-refractivity contribution in [3.05, 3.63) is 29.8 Å². The summed E-state index contributed by atoms with van der Waals surface area (Å²) >= 11 is 1.65. The molecule has 0 aromatic carbocycles. The van der Waals surface area contributed by atoms with Crippen molar-refractivity contribution in [2.75, 3.05) is 18.5 Å². The van der Waals surface area contributed by atoms with Gasteiger partial charge in [-0.1, -0.05) is 25.3 Å². The summed E-state index contributed by atoms with van der Waals surface area (Å²) in [5, 5.41) is 11.5. The molecule has 9 heteroatoms. The number of ether oxygens (including phenoxy) is 2. The van der Waals surface area contributed by atoms with Crippen molar-refractivity contribution in [1.82, 2.24) is 20.6 Å².